The van der Waals surface area contributed by atoms with Crippen molar-refractivity contribution in [3.05, 3.63) is 60.2 Å². The standard InChI is InChI=1S/C19H19NO3S/c1-14-11-12-20(16-9-5-6-10-17(16)24-14)18(21)13-23-19(22)15-7-3-2-4-8-15/h2-10,14H,11-13H2,1H3/t14-/m1/s1. The van der Waals surface area contributed by atoms with E-state index >= 15 is 0 Å². The normalized spacial score (nSPS) is 16.9. The van der Waals surface area contributed by atoms with Crippen molar-refractivity contribution in [3.63, 3.8) is 0 Å². The molecule has 1 amide bonds. The molecule has 0 aromatic heterocycles. The number of benzene rings is 2. The fourth-order valence-corrected chi connectivity index (χ4v) is 3.72. The third-order valence-electron chi connectivity index (χ3n) is 3.88. The maximum absolute atomic E-state index is 12.6. The van der Waals surface area contributed by atoms with Gasteiger partial charge in [0, 0.05) is 16.7 Å². The molecule has 124 valence electrons. The Morgan fingerprint density at radius 3 is 2.62 bits per heavy atom. The van der Waals surface area contributed by atoms with Crippen LogP contribution in [0.2, 0.25) is 0 Å². The molecular formula is C19H19NO3S. The number of fused-ring (bicyclic) bond motifs is 1. The van der Waals surface area contributed by atoms with Gasteiger partial charge in [-0.3, -0.25) is 4.79 Å². The molecule has 0 aliphatic carbocycles. The number of carbonyl (C=O) groups is 2. The van der Waals surface area contributed by atoms with E-state index in [0.29, 0.717) is 17.4 Å². The minimum absolute atomic E-state index is 0.193. The van der Waals surface area contributed by atoms with E-state index < -0.39 is 5.97 Å². The Kier molecular flexibility index (Phi) is 5.20. The van der Waals surface area contributed by atoms with Gasteiger partial charge < -0.3 is 9.64 Å². The van der Waals surface area contributed by atoms with Crippen LogP contribution in [-0.2, 0) is 9.53 Å². The highest BCUT2D eigenvalue weighted by molar-refractivity contribution is 8.00. The number of thioether (sulfide) groups is 1. The number of hydrogen-bond donors (Lipinski definition) is 0. The minimum Gasteiger partial charge on any atom is -0.452 e. The zero-order valence-corrected chi connectivity index (χ0v) is 14.3. The van der Waals surface area contributed by atoms with E-state index in [-0.39, 0.29) is 12.5 Å². The van der Waals surface area contributed by atoms with Gasteiger partial charge in [0.15, 0.2) is 6.61 Å². The van der Waals surface area contributed by atoms with Gasteiger partial charge >= 0.3 is 5.97 Å². The molecule has 0 unspecified atom stereocenters. The number of ether oxygens (including phenoxy) is 1. The summed E-state index contributed by atoms with van der Waals surface area (Å²) in [6.07, 6.45) is 0.901. The SMILES string of the molecule is C[C@@H]1CCN(C(=O)COC(=O)c2ccccc2)c2ccccc2S1. The Morgan fingerprint density at radius 1 is 1.12 bits per heavy atom. The van der Waals surface area contributed by atoms with Gasteiger partial charge in [-0.1, -0.05) is 37.3 Å². The van der Waals surface area contributed by atoms with Crippen LogP contribution >= 0.6 is 11.8 Å². The summed E-state index contributed by atoms with van der Waals surface area (Å²) in [7, 11) is 0. The highest BCUT2D eigenvalue weighted by Gasteiger charge is 2.24. The van der Waals surface area contributed by atoms with Gasteiger partial charge in [0.05, 0.1) is 11.3 Å². The summed E-state index contributed by atoms with van der Waals surface area (Å²) < 4.78 is 5.19. The maximum atomic E-state index is 12.6. The Bertz CT molecular complexity index is 732. The van der Waals surface area contributed by atoms with Gasteiger partial charge in [-0.05, 0) is 30.7 Å². The van der Waals surface area contributed by atoms with Gasteiger partial charge in [-0.15, -0.1) is 11.8 Å². The topological polar surface area (TPSA) is 46.6 Å². The minimum atomic E-state index is -0.477. The average molecular weight is 341 g/mol. The lowest BCUT2D eigenvalue weighted by molar-refractivity contribution is -0.121. The molecule has 24 heavy (non-hydrogen) atoms. The molecule has 1 heterocycles. The van der Waals surface area contributed by atoms with Crippen molar-refractivity contribution in [1.82, 2.24) is 0 Å². The van der Waals surface area contributed by atoms with Crippen LogP contribution in [0.1, 0.15) is 23.7 Å². The molecule has 0 N–H and O–H groups in total. The number of para-hydroxylation sites is 1. The van der Waals surface area contributed by atoms with Crippen LogP contribution in [0, 0.1) is 0 Å². The molecular weight excluding hydrogens is 322 g/mol. The molecule has 1 aliphatic heterocycles. The first kappa shape index (κ1) is 16.6. The summed E-state index contributed by atoms with van der Waals surface area (Å²) in [4.78, 5) is 27.4. The molecule has 0 fully saturated rings. The first-order chi connectivity index (χ1) is 11.6. The number of rotatable bonds is 3. The lowest BCUT2D eigenvalue weighted by Gasteiger charge is -2.22. The average Bonchev–Trinajstić information content (AvgIpc) is 2.78. The molecule has 0 spiro atoms. The molecule has 0 bridgehead atoms. The summed E-state index contributed by atoms with van der Waals surface area (Å²) >= 11 is 1.77. The summed E-state index contributed by atoms with van der Waals surface area (Å²) in [6.45, 7) is 2.54. The van der Waals surface area contributed by atoms with Crippen molar-refractivity contribution in [2.75, 3.05) is 18.1 Å². The molecule has 2 aromatic carbocycles. The Labute approximate surface area is 145 Å². The number of hydrogen-bond acceptors (Lipinski definition) is 4. The van der Waals surface area contributed by atoms with E-state index in [2.05, 4.69) is 6.92 Å². The van der Waals surface area contributed by atoms with E-state index in [9.17, 15) is 9.59 Å². The quantitative estimate of drug-likeness (QED) is 0.798. The van der Waals surface area contributed by atoms with Crippen molar-refractivity contribution in [2.24, 2.45) is 0 Å². The molecule has 5 heteroatoms. The molecule has 3 rings (SSSR count). The van der Waals surface area contributed by atoms with Gasteiger partial charge in [-0.25, -0.2) is 4.79 Å². The molecule has 1 aliphatic rings. The van der Waals surface area contributed by atoms with Crippen molar-refractivity contribution < 1.29 is 14.3 Å². The Morgan fingerprint density at radius 2 is 1.83 bits per heavy atom. The predicted molar refractivity (Wildman–Crippen MR) is 95.5 cm³/mol. The molecule has 1 atom stereocenters. The molecule has 0 saturated carbocycles. The second-order valence-electron chi connectivity index (χ2n) is 5.67. The summed E-state index contributed by atoms with van der Waals surface area (Å²) in [5.74, 6) is -0.670. The van der Waals surface area contributed by atoms with Gasteiger partial charge in [0.25, 0.3) is 5.91 Å². The fraction of sp³-hybridized carbons (Fsp3) is 0.263. The summed E-state index contributed by atoms with van der Waals surface area (Å²) in [5, 5.41) is 0.441. The van der Waals surface area contributed by atoms with Crippen LogP contribution in [0.25, 0.3) is 0 Å². The smallest absolute Gasteiger partial charge is 0.338 e. The molecule has 0 radical (unpaired) electrons. The van der Waals surface area contributed by atoms with Crippen LogP contribution in [0.4, 0.5) is 5.69 Å². The third-order valence-corrected chi connectivity index (χ3v) is 5.12. The summed E-state index contributed by atoms with van der Waals surface area (Å²) in [6, 6.07) is 16.6. The highest BCUT2D eigenvalue weighted by atomic mass is 32.2. The first-order valence-corrected chi connectivity index (χ1v) is 8.81. The first-order valence-electron chi connectivity index (χ1n) is 7.93. The number of nitrogens with zero attached hydrogens (tertiary/aromatic N) is 1. The van der Waals surface area contributed by atoms with E-state index in [1.54, 1.807) is 40.9 Å². The second kappa shape index (κ2) is 7.53. The fourth-order valence-electron chi connectivity index (χ4n) is 2.61. The van der Waals surface area contributed by atoms with E-state index in [1.807, 2.05) is 30.3 Å². The molecule has 4 nitrogen and oxygen atoms in total. The lowest BCUT2D eigenvalue weighted by atomic mass is 10.2. The number of amides is 1. The number of anilines is 1. The summed E-state index contributed by atoms with van der Waals surface area (Å²) in [5.41, 5.74) is 1.35. The van der Waals surface area contributed by atoms with Crippen LogP contribution in [-0.4, -0.2) is 30.3 Å². The van der Waals surface area contributed by atoms with Crippen LogP contribution in [0.15, 0.2) is 59.5 Å². The zero-order chi connectivity index (χ0) is 16.9. The third kappa shape index (κ3) is 3.79. The van der Waals surface area contributed by atoms with E-state index in [4.69, 9.17) is 4.74 Å². The maximum Gasteiger partial charge on any atom is 0.338 e. The molecule has 2 aromatic rings. The number of esters is 1. The monoisotopic (exact) mass is 341 g/mol. The van der Waals surface area contributed by atoms with Crippen molar-refractivity contribution >= 4 is 29.3 Å². The predicted octanol–water partition coefficient (Wildman–Crippen LogP) is 3.76. The van der Waals surface area contributed by atoms with E-state index in [0.717, 1.165) is 17.0 Å². The van der Waals surface area contributed by atoms with Gasteiger partial charge in [-0.2, -0.15) is 0 Å². The second-order valence-corrected chi connectivity index (χ2v) is 7.15. The van der Waals surface area contributed by atoms with Gasteiger partial charge in [0.2, 0.25) is 0 Å². The van der Waals surface area contributed by atoms with E-state index in [1.165, 1.54) is 0 Å². The van der Waals surface area contributed by atoms with Crippen LogP contribution < -0.4 is 4.90 Å². The Balaban J connectivity index is 1.70. The lowest BCUT2D eigenvalue weighted by Crippen LogP contribution is -2.35. The largest absolute Gasteiger partial charge is 0.452 e. The van der Waals surface area contributed by atoms with Crippen molar-refractivity contribution in [1.29, 1.82) is 0 Å². The highest BCUT2D eigenvalue weighted by Crippen LogP contribution is 2.37. The van der Waals surface area contributed by atoms with Crippen LogP contribution in [0.5, 0.6) is 0 Å². The Hall–Kier alpha value is -2.27. The van der Waals surface area contributed by atoms with Crippen molar-refractivity contribution in [2.45, 2.75) is 23.5 Å². The van der Waals surface area contributed by atoms with Crippen molar-refractivity contribution in [3.8, 4) is 0 Å². The van der Waals surface area contributed by atoms with Crippen LogP contribution in [0.3, 0.4) is 0 Å². The number of carbonyl (C=O) groups excluding carboxylic acids is 2. The van der Waals surface area contributed by atoms with Gasteiger partial charge in [0.1, 0.15) is 0 Å². The molecule has 0 saturated heterocycles. The zero-order valence-electron chi connectivity index (χ0n) is 13.5.